The van der Waals surface area contributed by atoms with E-state index in [4.69, 9.17) is 12.6 Å². The number of rotatable bonds is 0. The zero-order valence-electron chi connectivity index (χ0n) is 6.64. The maximum Gasteiger partial charge on any atom is 1.00 e. The van der Waals surface area contributed by atoms with Crippen molar-refractivity contribution in [1.82, 2.24) is 0 Å². The van der Waals surface area contributed by atoms with Crippen LogP contribution in [0.5, 0.6) is 0 Å². The second-order valence-electron chi connectivity index (χ2n) is 1.68. The molecule has 0 radical (unpaired) electrons. The van der Waals surface area contributed by atoms with E-state index >= 15 is 0 Å². The molecule has 10 heavy (non-hydrogen) atoms. The summed E-state index contributed by atoms with van der Waals surface area (Å²) in [4.78, 5) is 0.826. The summed E-state index contributed by atoms with van der Waals surface area (Å²) in [5, 5.41) is 0. The molecule has 0 bridgehead atoms. The SMILES string of the molecule is Cc1ccc[c-]c1[S-].[Li+].[Li+]. The average molecular weight is 136 g/mol. The quantitative estimate of drug-likeness (QED) is 0.197. The fraction of sp³-hybridized carbons (Fsp3) is 0.143. The van der Waals surface area contributed by atoms with Gasteiger partial charge in [-0.25, -0.2) is 6.07 Å². The van der Waals surface area contributed by atoms with Crippen LogP contribution in [0, 0.1) is 13.0 Å². The van der Waals surface area contributed by atoms with Crippen molar-refractivity contribution in [1.29, 1.82) is 0 Å². The monoisotopic (exact) mass is 136 g/mol. The minimum absolute atomic E-state index is 0. The summed E-state index contributed by atoms with van der Waals surface area (Å²) in [6, 6.07) is 8.66. The fourth-order valence-electron chi connectivity index (χ4n) is 0.506. The van der Waals surface area contributed by atoms with Crippen LogP contribution in [-0.4, -0.2) is 0 Å². The van der Waals surface area contributed by atoms with Gasteiger partial charge in [0, 0.05) is 0 Å². The Morgan fingerprint density at radius 3 is 2.30 bits per heavy atom. The van der Waals surface area contributed by atoms with Crippen molar-refractivity contribution in [2.75, 3.05) is 0 Å². The van der Waals surface area contributed by atoms with Crippen molar-refractivity contribution in [2.24, 2.45) is 0 Å². The molecular weight excluding hydrogens is 130 g/mol. The summed E-state index contributed by atoms with van der Waals surface area (Å²) in [5.41, 5.74) is 1.13. The molecule has 0 N–H and O–H groups in total. The van der Waals surface area contributed by atoms with Crippen LogP contribution in [-0.2, 0) is 12.6 Å². The van der Waals surface area contributed by atoms with E-state index in [1.807, 2.05) is 25.1 Å². The Morgan fingerprint density at radius 2 is 2.00 bits per heavy atom. The van der Waals surface area contributed by atoms with Gasteiger partial charge in [0.15, 0.2) is 0 Å². The van der Waals surface area contributed by atoms with Crippen molar-refractivity contribution < 1.29 is 37.7 Å². The number of hydrogen-bond donors (Lipinski definition) is 0. The molecule has 0 atom stereocenters. The Labute approximate surface area is 91.5 Å². The van der Waals surface area contributed by atoms with Gasteiger partial charge in [-0.05, 0) is 0 Å². The summed E-state index contributed by atoms with van der Waals surface area (Å²) < 4.78 is 0. The van der Waals surface area contributed by atoms with Crippen LogP contribution in [0.2, 0.25) is 0 Å². The molecule has 42 valence electrons. The molecule has 0 unspecified atom stereocenters. The van der Waals surface area contributed by atoms with Gasteiger partial charge in [0.2, 0.25) is 0 Å². The number of benzene rings is 1. The number of aryl methyl sites for hydroxylation is 1. The Balaban J connectivity index is 0. The van der Waals surface area contributed by atoms with Crippen LogP contribution < -0.4 is 37.7 Å². The summed E-state index contributed by atoms with van der Waals surface area (Å²) in [5.74, 6) is 0. The van der Waals surface area contributed by atoms with E-state index in [0.29, 0.717) is 0 Å². The molecule has 0 heterocycles. The van der Waals surface area contributed by atoms with Gasteiger partial charge >= 0.3 is 37.7 Å². The van der Waals surface area contributed by atoms with Gasteiger partial charge in [0.05, 0.1) is 0 Å². The zero-order chi connectivity index (χ0) is 5.98. The standard InChI is InChI=1S/C7H7S.2Li/c1-6-4-2-3-5-7(6)8;;/h2-4,8H,1H3;;/q-1;2*+1/p-1. The summed E-state index contributed by atoms with van der Waals surface area (Å²) in [6.45, 7) is 1.98. The van der Waals surface area contributed by atoms with Crippen LogP contribution in [0.15, 0.2) is 23.1 Å². The Bertz CT molecular complexity index is 168. The smallest absolute Gasteiger partial charge is 0.805 e. The zero-order valence-corrected chi connectivity index (χ0v) is 7.46. The van der Waals surface area contributed by atoms with Crippen molar-refractivity contribution >= 4 is 12.6 Å². The topological polar surface area (TPSA) is 0 Å². The van der Waals surface area contributed by atoms with Crippen LogP contribution >= 0.6 is 0 Å². The first-order chi connectivity index (χ1) is 3.80. The molecule has 0 aliphatic heterocycles. The van der Waals surface area contributed by atoms with E-state index in [-0.39, 0.29) is 37.7 Å². The van der Waals surface area contributed by atoms with Crippen LogP contribution in [0.1, 0.15) is 5.56 Å². The molecule has 0 nitrogen and oxygen atoms in total. The van der Waals surface area contributed by atoms with Gasteiger partial charge < -0.3 is 12.6 Å². The average Bonchev–Trinajstić information content (AvgIpc) is 1.77. The minimum atomic E-state index is 0. The maximum atomic E-state index is 4.90. The Kier molecular flexibility index (Phi) is 8.41. The van der Waals surface area contributed by atoms with Gasteiger partial charge in [0.25, 0.3) is 0 Å². The van der Waals surface area contributed by atoms with Gasteiger partial charge in [-0.15, -0.1) is 0 Å². The van der Waals surface area contributed by atoms with Crippen LogP contribution in [0.3, 0.4) is 0 Å². The van der Waals surface area contributed by atoms with E-state index in [1.165, 1.54) is 0 Å². The molecule has 0 aliphatic carbocycles. The molecule has 0 spiro atoms. The summed E-state index contributed by atoms with van der Waals surface area (Å²) >= 11 is 4.90. The first-order valence-electron chi connectivity index (χ1n) is 2.45. The molecule has 0 saturated heterocycles. The molecule has 0 fully saturated rings. The second kappa shape index (κ2) is 6.35. The largest absolute Gasteiger partial charge is 1.00 e. The number of hydrogen-bond acceptors (Lipinski definition) is 1. The van der Waals surface area contributed by atoms with Crippen LogP contribution in [0.25, 0.3) is 0 Å². The third-order valence-electron chi connectivity index (χ3n) is 1.02. The second-order valence-corrected chi connectivity index (χ2v) is 2.09. The third-order valence-corrected chi connectivity index (χ3v) is 1.45. The summed E-state index contributed by atoms with van der Waals surface area (Å²) in [6.07, 6.45) is 0. The molecule has 1 aromatic carbocycles. The van der Waals surface area contributed by atoms with E-state index in [9.17, 15) is 0 Å². The molecular formula is C7H6Li2S. The van der Waals surface area contributed by atoms with E-state index in [0.717, 1.165) is 10.5 Å². The van der Waals surface area contributed by atoms with Crippen molar-refractivity contribution in [3.05, 3.63) is 29.8 Å². The minimum Gasteiger partial charge on any atom is -0.805 e. The van der Waals surface area contributed by atoms with Gasteiger partial charge in [-0.2, -0.15) is 23.8 Å². The van der Waals surface area contributed by atoms with E-state index in [1.54, 1.807) is 0 Å². The molecule has 1 rings (SSSR count). The van der Waals surface area contributed by atoms with E-state index in [2.05, 4.69) is 6.07 Å². The van der Waals surface area contributed by atoms with E-state index < -0.39 is 0 Å². The van der Waals surface area contributed by atoms with Gasteiger partial charge in [-0.3, -0.25) is 4.90 Å². The first kappa shape index (κ1) is 13.2. The van der Waals surface area contributed by atoms with Crippen molar-refractivity contribution in [3.8, 4) is 0 Å². The summed E-state index contributed by atoms with van der Waals surface area (Å²) in [7, 11) is 0. The molecule has 3 heteroatoms. The fourth-order valence-corrected chi connectivity index (χ4v) is 0.642. The van der Waals surface area contributed by atoms with Gasteiger partial charge in [-0.1, -0.05) is 6.92 Å². The predicted molar refractivity (Wildman–Crippen MR) is 35.6 cm³/mol. The maximum absolute atomic E-state index is 4.90. The van der Waals surface area contributed by atoms with Crippen molar-refractivity contribution in [2.45, 2.75) is 11.8 Å². The molecule has 0 aromatic heterocycles. The van der Waals surface area contributed by atoms with Crippen molar-refractivity contribution in [3.63, 3.8) is 0 Å². The predicted octanol–water partition coefficient (Wildman–Crippen LogP) is -4.29. The third kappa shape index (κ3) is 3.72. The first-order valence-corrected chi connectivity index (χ1v) is 2.86. The molecule has 1 aromatic rings. The molecule has 0 aliphatic rings. The normalized spacial score (nSPS) is 7.30. The van der Waals surface area contributed by atoms with Crippen LogP contribution in [0.4, 0.5) is 0 Å². The van der Waals surface area contributed by atoms with Gasteiger partial charge in [0.1, 0.15) is 0 Å². The Morgan fingerprint density at radius 1 is 1.40 bits per heavy atom. The molecule has 0 amide bonds. The Hall–Kier alpha value is 0.635. The molecule has 0 saturated carbocycles.